The smallest absolute Gasteiger partial charge is 0.406 e. The van der Waals surface area contributed by atoms with Crippen molar-refractivity contribution in [2.24, 2.45) is 16.6 Å². The number of carbonyl (C=O) groups excluding carboxylic acids is 2. The molecule has 15 heteroatoms. The maximum atomic E-state index is 12.4. The number of nitrogens with one attached hydrogen (secondary N) is 5. The molecule has 11 nitrogen and oxygen atoms in total. The summed E-state index contributed by atoms with van der Waals surface area (Å²) >= 11 is 1.40. The monoisotopic (exact) mass is 582 g/mol. The van der Waals surface area contributed by atoms with Crippen molar-refractivity contribution in [3.05, 3.63) is 65.8 Å². The van der Waals surface area contributed by atoms with Gasteiger partial charge in [0.05, 0.1) is 17.9 Å². The number of hydrogen-bond donors (Lipinski definition) is 7. The van der Waals surface area contributed by atoms with E-state index in [0.29, 0.717) is 24.1 Å². The molecular formula is C25H33F3N8O3S. The van der Waals surface area contributed by atoms with Gasteiger partial charge in [0, 0.05) is 18.5 Å². The van der Waals surface area contributed by atoms with E-state index in [0.717, 1.165) is 30.0 Å². The Labute approximate surface area is 234 Å². The molecule has 1 aliphatic rings. The number of amides is 2. The predicted molar refractivity (Wildman–Crippen MR) is 149 cm³/mol. The summed E-state index contributed by atoms with van der Waals surface area (Å²) in [6, 6.07) is 5.13. The van der Waals surface area contributed by atoms with Crippen LogP contribution < -0.4 is 37.6 Å². The number of unbranched alkanes of at least 4 members (excludes halogenated alkanes) is 1. The van der Waals surface area contributed by atoms with Crippen molar-refractivity contribution in [1.29, 1.82) is 5.41 Å². The third-order valence-electron chi connectivity index (χ3n) is 5.02. The zero-order valence-corrected chi connectivity index (χ0v) is 22.6. The van der Waals surface area contributed by atoms with Gasteiger partial charge in [0.2, 0.25) is 11.8 Å². The van der Waals surface area contributed by atoms with E-state index in [1.54, 1.807) is 19.3 Å². The molecular weight excluding hydrogens is 549 g/mol. The molecule has 40 heavy (non-hydrogen) atoms. The van der Waals surface area contributed by atoms with Crippen LogP contribution in [0.25, 0.3) is 0 Å². The van der Waals surface area contributed by atoms with Crippen molar-refractivity contribution in [1.82, 2.24) is 21.4 Å². The highest BCUT2D eigenvalue weighted by Gasteiger charge is 2.31. The van der Waals surface area contributed by atoms with E-state index >= 15 is 0 Å². The van der Waals surface area contributed by atoms with E-state index in [1.165, 1.54) is 36.0 Å². The van der Waals surface area contributed by atoms with Crippen molar-refractivity contribution in [3.8, 4) is 5.75 Å². The molecule has 1 atom stereocenters. The molecule has 0 spiro atoms. The molecule has 0 aromatic heterocycles. The number of allylic oxidation sites excluding steroid dienone is 4. The van der Waals surface area contributed by atoms with Gasteiger partial charge in [0.1, 0.15) is 11.6 Å². The van der Waals surface area contributed by atoms with Gasteiger partial charge in [0.25, 0.3) is 0 Å². The van der Waals surface area contributed by atoms with Crippen molar-refractivity contribution >= 4 is 34.3 Å². The topological polar surface area (TPSA) is 180 Å². The predicted octanol–water partition coefficient (Wildman–Crippen LogP) is 2.64. The Balaban J connectivity index is 1.66. The maximum absolute atomic E-state index is 12.4. The van der Waals surface area contributed by atoms with Crippen LogP contribution in [0.2, 0.25) is 0 Å². The average molecular weight is 583 g/mol. The number of thioether (sulfide) groups is 1. The maximum Gasteiger partial charge on any atom is 0.573 e. The SMILES string of the molecule is CN/C=C\C(=N)CC(=O)NC1NN=C(CCCC/C(N)=C/C=C(\N)NC(=O)Cc2cccc(OC(F)(F)F)c2)S1. The van der Waals surface area contributed by atoms with Crippen LogP contribution in [0.3, 0.4) is 0 Å². The van der Waals surface area contributed by atoms with Gasteiger partial charge >= 0.3 is 6.36 Å². The number of nitrogens with two attached hydrogens (primary N) is 2. The summed E-state index contributed by atoms with van der Waals surface area (Å²) in [4.78, 5) is 24.2. The molecule has 0 fully saturated rings. The quantitative estimate of drug-likeness (QED) is 0.0937. The van der Waals surface area contributed by atoms with Gasteiger partial charge in [-0.1, -0.05) is 23.9 Å². The Bertz CT molecular complexity index is 1170. The van der Waals surface area contributed by atoms with Crippen LogP contribution >= 0.6 is 11.8 Å². The van der Waals surface area contributed by atoms with E-state index in [2.05, 4.69) is 31.2 Å². The number of nitrogens with zero attached hydrogens (tertiary/aromatic N) is 1. The largest absolute Gasteiger partial charge is 0.573 e. The minimum Gasteiger partial charge on any atom is -0.406 e. The first-order chi connectivity index (χ1) is 18.9. The Morgan fingerprint density at radius 3 is 2.73 bits per heavy atom. The normalized spacial score (nSPS) is 15.8. The van der Waals surface area contributed by atoms with Gasteiger partial charge in [-0.15, -0.1) is 13.2 Å². The Morgan fingerprint density at radius 2 is 2.00 bits per heavy atom. The highest BCUT2D eigenvalue weighted by molar-refractivity contribution is 8.14. The standard InChI is InChI=1S/C25H33F3N8O3S/c1-32-12-11-18(30)15-22(38)34-24-36-35-23(40-24)8-3-2-6-17(29)9-10-20(31)33-21(37)14-16-5-4-7-19(13-16)39-25(26,27)28/h4-5,7,9-13,24,30,32,36H,2-3,6,8,14-15,29,31H2,1H3,(H,33,37)(H,34,38)/b12-11-,17-9-,20-10+,30-18?. The second kappa shape index (κ2) is 16.1. The number of hydrogen-bond acceptors (Lipinski definition) is 10. The number of halogens is 3. The summed E-state index contributed by atoms with van der Waals surface area (Å²) in [6.07, 6.45) is 3.92. The Kier molecular flexibility index (Phi) is 12.9. The number of carbonyl (C=O) groups is 2. The third kappa shape index (κ3) is 13.6. The van der Waals surface area contributed by atoms with Crippen LogP contribution in [0.4, 0.5) is 13.2 Å². The van der Waals surface area contributed by atoms with Gasteiger partial charge in [-0.2, -0.15) is 5.10 Å². The molecule has 1 unspecified atom stereocenters. The fraction of sp³-hybridized carbons (Fsp3) is 0.360. The molecule has 1 aliphatic heterocycles. The molecule has 0 saturated heterocycles. The van der Waals surface area contributed by atoms with Crippen LogP contribution in [0, 0.1) is 5.41 Å². The van der Waals surface area contributed by atoms with Crippen molar-refractivity contribution < 1.29 is 27.5 Å². The summed E-state index contributed by atoms with van der Waals surface area (Å²) in [5.74, 6) is -1.16. The van der Waals surface area contributed by atoms with Crippen molar-refractivity contribution in [3.63, 3.8) is 0 Å². The summed E-state index contributed by atoms with van der Waals surface area (Å²) in [5, 5.41) is 20.8. The zero-order valence-electron chi connectivity index (χ0n) is 21.8. The average Bonchev–Trinajstić information content (AvgIpc) is 3.30. The fourth-order valence-corrected chi connectivity index (χ4v) is 4.21. The van der Waals surface area contributed by atoms with Crippen LogP contribution in [0.1, 0.15) is 37.7 Å². The number of alkyl halides is 3. The Morgan fingerprint density at radius 1 is 1.23 bits per heavy atom. The minimum atomic E-state index is -4.82. The first-order valence-corrected chi connectivity index (χ1v) is 13.1. The molecule has 0 radical (unpaired) electrons. The fourth-order valence-electron chi connectivity index (χ4n) is 3.28. The number of ether oxygens (including phenoxy) is 1. The lowest BCUT2D eigenvalue weighted by atomic mass is 10.1. The van der Waals surface area contributed by atoms with E-state index < -0.39 is 18.0 Å². The highest BCUT2D eigenvalue weighted by Crippen LogP contribution is 2.23. The molecule has 1 aromatic carbocycles. The highest BCUT2D eigenvalue weighted by atomic mass is 32.2. The van der Waals surface area contributed by atoms with Gasteiger partial charge in [-0.05, 0) is 67.8 Å². The molecule has 2 amide bonds. The molecule has 0 aliphatic carbocycles. The summed E-state index contributed by atoms with van der Waals surface area (Å²) in [7, 11) is 1.71. The molecule has 1 heterocycles. The van der Waals surface area contributed by atoms with Crippen LogP contribution in [0.15, 0.2) is 65.3 Å². The zero-order chi connectivity index (χ0) is 29.5. The molecule has 2 rings (SSSR count). The molecule has 0 saturated carbocycles. The second-order valence-electron chi connectivity index (χ2n) is 8.51. The van der Waals surface area contributed by atoms with Gasteiger partial charge in [0.15, 0.2) is 5.50 Å². The minimum absolute atomic E-state index is 0.0326. The van der Waals surface area contributed by atoms with Gasteiger partial charge < -0.3 is 37.6 Å². The van der Waals surface area contributed by atoms with Gasteiger partial charge in [-0.25, -0.2) is 0 Å². The summed E-state index contributed by atoms with van der Waals surface area (Å²) in [5.41, 5.74) is 15.3. The lowest BCUT2D eigenvalue weighted by molar-refractivity contribution is -0.274. The summed E-state index contributed by atoms with van der Waals surface area (Å²) in [6.45, 7) is 0. The number of hydrazone groups is 1. The van der Waals surface area contributed by atoms with Crippen molar-refractivity contribution in [2.45, 2.75) is 50.4 Å². The van der Waals surface area contributed by atoms with E-state index in [4.69, 9.17) is 16.9 Å². The van der Waals surface area contributed by atoms with Crippen molar-refractivity contribution in [2.75, 3.05) is 7.05 Å². The first kappa shape index (κ1) is 32.1. The summed E-state index contributed by atoms with van der Waals surface area (Å²) < 4.78 is 41.0. The molecule has 9 N–H and O–H groups in total. The lowest BCUT2D eigenvalue weighted by Crippen LogP contribution is -2.39. The van der Waals surface area contributed by atoms with E-state index in [9.17, 15) is 22.8 Å². The van der Waals surface area contributed by atoms with Crippen LogP contribution in [-0.4, -0.2) is 41.5 Å². The number of benzene rings is 1. The van der Waals surface area contributed by atoms with Gasteiger partial charge in [-0.3, -0.25) is 15.0 Å². The number of rotatable bonds is 15. The van der Waals surface area contributed by atoms with Crippen LogP contribution in [0.5, 0.6) is 5.75 Å². The molecule has 1 aromatic rings. The van der Waals surface area contributed by atoms with Crippen LogP contribution in [-0.2, 0) is 16.0 Å². The van der Waals surface area contributed by atoms with E-state index in [1.807, 2.05) is 0 Å². The van der Waals surface area contributed by atoms with E-state index in [-0.39, 0.29) is 35.8 Å². The Hall–Kier alpha value is -4.14. The molecule has 218 valence electrons. The second-order valence-corrected chi connectivity index (χ2v) is 9.69. The lowest BCUT2D eigenvalue weighted by Gasteiger charge is -2.11. The first-order valence-electron chi connectivity index (χ1n) is 12.2. The molecule has 0 bridgehead atoms. The third-order valence-corrected chi connectivity index (χ3v) is 6.04.